The number of rotatable bonds is 4. The largest absolute Gasteiger partial charge is 0.389 e. The maximum absolute atomic E-state index is 13.8. The third-order valence-corrected chi connectivity index (χ3v) is 5.74. The van der Waals surface area contributed by atoms with Gasteiger partial charge in [0.15, 0.2) is 0 Å². The summed E-state index contributed by atoms with van der Waals surface area (Å²) in [5.74, 6) is 3.23. The van der Waals surface area contributed by atoms with Crippen molar-refractivity contribution in [2.45, 2.75) is 5.25 Å². The van der Waals surface area contributed by atoms with Crippen LogP contribution in [0.5, 0.6) is 0 Å². The standard InChI is InChI=1S/C12H15FN2S3/c13-10-5-8(12(14)16)1-2-11(10)15-6-9-7-17-3-4-18-9/h1-2,5,9,15H,3-4,6-7H2,(H2,14,16). The third-order valence-electron chi connectivity index (χ3n) is 2.66. The number of thioether (sulfide) groups is 2. The fourth-order valence-electron chi connectivity index (χ4n) is 1.69. The highest BCUT2D eigenvalue weighted by Crippen LogP contribution is 2.25. The molecule has 0 spiro atoms. The molecular formula is C12H15FN2S3. The third kappa shape index (κ3) is 3.76. The Balaban J connectivity index is 1.94. The summed E-state index contributed by atoms with van der Waals surface area (Å²) in [5, 5.41) is 3.71. The summed E-state index contributed by atoms with van der Waals surface area (Å²) < 4.78 is 13.8. The van der Waals surface area contributed by atoms with Crippen LogP contribution < -0.4 is 11.1 Å². The first-order chi connectivity index (χ1) is 8.66. The molecule has 1 unspecified atom stereocenters. The van der Waals surface area contributed by atoms with Gasteiger partial charge in [-0.2, -0.15) is 23.5 Å². The molecule has 3 N–H and O–H groups in total. The number of halogens is 1. The second-order valence-electron chi connectivity index (χ2n) is 4.01. The normalized spacial score (nSPS) is 19.5. The molecule has 0 bridgehead atoms. The van der Waals surface area contributed by atoms with E-state index in [1.54, 1.807) is 12.1 Å². The molecular weight excluding hydrogens is 287 g/mol. The first-order valence-corrected chi connectivity index (χ1v) is 8.30. The van der Waals surface area contributed by atoms with Gasteiger partial charge in [-0.15, -0.1) is 0 Å². The van der Waals surface area contributed by atoms with E-state index >= 15 is 0 Å². The van der Waals surface area contributed by atoms with Gasteiger partial charge in [-0.1, -0.05) is 12.2 Å². The van der Waals surface area contributed by atoms with Gasteiger partial charge in [0, 0.05) is 34.6 Å². The lowest BCUT2D eigenvalue weighted by Crippen LogP contribution is -2.23. The van der Waals surface area contributed by atoms with Crippen molar-refractivity contribution in [1.82, 2.24) is 0 Å². The quantitative estimate of drug-likeness (QED) is 0.837. The van der Waals surface area contributed by atoms with E-state index in [9.17, 15) is 4.39 Å². The van der Waals surface area contributed by atoms with Crippen LogP contribution in [0.2, 0.25) is 0 Å². The fraction of sp³-hybridized carbons (Fsp3) is 0.417. The fourth-order valence-corrected chi connectivity index (χ4v) is 4.43. The number of hydrogen-bond donors (Lipinski definition) is 2. The van der Waals surface area contributed by atoms with E-state index in [1.165, 1.54) is 17.6 Å². The molecule has 0 amide bonds. The lowest BCUT2D eigenvalue weighted by molar-refractivity contribution is 0.630. The summed E-state index contributed by atoms with van der Waals surface area (Å²) in [6.07, 6.45) is 0. The lowest BCUT2D eigenvalue weighted by Gasteiger charge is -2.21. The molecule has 1 heterocycles. The van der Waals surface area contributed by atoms with E-state index in [1.807, 2.05) is 23.5 Å². The second-order valence-corrected chi connectivity index (χ2v) is 7.01. The molecule has 1 aliphatic rings. The van der Waals surface area contributed by atoms with E-state index in [4.69, 9.17) is 18.0 Å². The molecule has 2 nitrogen and oxygen atoms in total. The molecule has 1 atom stereocenters. The van der Waals surface area contributed by atoms with Crippen LogP contribution in [0, 0.1) is 5.82 Å². The second kappa shape index (κ2) is 6.63. The average molecular weight is 302 g/mol. The van der Waals surface area contributed by atoms with Gasteiger partial charge in [0.1, 0.15) is 10.8 Å². The van der Waals surface area contributed by atoms with Crippen molar-refractivity contribution >= 4 is 46.4 Å². The molecule has 2 rings (SSSR count). The minimum absolute atomic E-state index is 0.222. The van der Waals surface area contributed by atoms with E-state index in [0.29, 0.717) is 16.5 Å². The van der Waals surface area contributed by atoms with Crippen LogP contribution in [-0.2, 0) is 0 Å². The Morgan fingerprint density at radius 3 is 2.94 bits per heavy atom. The van der Waals surface area contributed by atoms with Gasteiger partial charge in [0.2, 0.25) is 0 Å². The van der Waals surface area contributed by atoms with Gasteiger partial charge < -0.3 is 11.1 Å². The topological polar surface area (TPSA) is 38.0 Å². The van der Waals surface area contributed by atoms with E-state index in [2.05, 4.69) is 5.32 Å². The summed E-state index contributed by atoms with van der Waals surface area (Å²) in [6.45, 7) is 0.793. The summed E-state index contributed by atoms with van der Waals surface area (Å²) in [7, 11) is 0. The lowest BCUT2D eigenvalue weighted by atomic mass is 10.2. The number of anilines is 1. The molecule has 0 radical (unpaired) electrons. The van der Waals surface area contributed by atoms with Crippen LogP contribution in [0.3, 0.4) is 0 Å². The van der Waals surface area contributed by atoms with E-state index in [-0.39, 0.29) is 10.8 Å². The molecule has 1 aromatic carbocycles. The molecule has 6 heteroatoms. The highest BCUT2D eigenvalue weighted by molar-refractivity contribution is 8.06. The smallest absolute Gasteiger partial charge is 0.146 e. The molecule has 1 aliphatic heterocycles. The van der Waals surface area contributed by atoms with Crippen molar-refractivity contribution in [3.8, 4) is 0 Å². The zero-order valence-electron chi connectivity index (χ0n) is 9.82. The van der Waals surface area contributed by atoms with Gasteiger partial charge in [-0.25, -0.2) is 4.39 Å². The SMILES string of the molecule is NC(=S)c1ccc(NCC2CSCCS2)c(F)c1. The molecule has 98 valence electrons. The minimum Gasteiger partial charge on any atom is -0.389 e. The Hall–Kier alpha value is -0.460. The van der Waals surface area contributed by atoms with Gasteiger partial charge >= 0.3 is 0 Å². The molecule has 18 heavy (non-hydrogen) atoms. The summed E-state index contributed by atoms with van der Waals surface area (Å²) >= 11 is 8.73. The van der Waals surface area contributed by atoms with Crippen molar-refractivity contribution in [1.29, 1.82) is 0 Å². The van der Waals surface area contributed by atoms with Crippen LogP contribution in [0.25, 0.3) is 0 Å². The number of thiocarbonyl (C=S) groups is 1. The number of hydrogen-bond acceptors (Lipinski definition) is 4. The van der Waals surface area contributed by atoms with Crippen molar-refractivity contribution in [2.24, 2.45) is 5.73 Å². The van der Waals surface area contributed by atoms with Crippen molar-refractivity contribution in [3.05, 3.63) is 29.6 Å². The van der Waals surface area contributed by atoms with Gasteiger partial charge in [-0.05, 0) is 18.2 Å². The summed E-state index contributed by atoms with van der Waals surface area (Å²) in [5.41, 5.74) is 6.55. The molecule has 1 fully saturated rings. The first kappa shape index (κ1) is 14.0. The Morgan fingerprint density at radius 1 is 1.50 bits per heavy atom. The van der Waals surface area contributed by atoms with Gasteiger partial charge in [0.25, 0.3) is 0 Å². The highest BCUT2D eigenvalue weighted by atomic mass is 32.2. The molecule has 1 aromatic rings. The van der Waals surface area contributed by atoms with Crippen molar-refractivity contribution < 1.29 is 4.39 Å². The predicted molar refractivity (Wildman–Crippen MR) is 84.3 cm³/mol. The van der Waals surface area contributed by atoms with Crippen LogP contribution in [0.1, 0.15) is 5.56 Å². The van der Waals surface area contributed by atoms with E-state index in [0.717, 1.165) is 12.3 Å². The highest BCUT2D eigenvalue weighted by Gasteiger charge is 2.14. The van der Waals surface area contributed by atoms with Gasteiger partial charge in [-0.3, -0.25) is 0 Å². The van der Waals surface area contributed by atoms with Crippen LogP contribution >= 0.6 is 35.7 Å². The van der Waals surface area contributed by atoms with Crippen LogP contribution in [-0.4, -0.2) is 34.0 Å². The Bertz CT molecular complexity index is 433. The summed E-state index contributed by atoms with van der Waals surface area (Å²) in [6, 6.07) is 4.83. The molecule has 1 saturated heterocycles. The van der Waals surface area contributed by atoms with Crippen molar-refractivity contribution in [2.75, 3.05) is 29.1 Å². The minimum atomic E-state index is -0.297. The Kier molecular flexibility index (Phi) is 5.14. The van der Waals surface area contributed by atoms with Crippen molar-refractivity contribution in [3.63, 3.8) is 0 Å². The molecule has 0 aromatic heterocycles. The molecule has 0 aliphatic carbocycles. The summed E-state index contributed by atoms with van der Waals surface area (Å²) in [4.78, 5) is 0.222. The zero-order chi connectivity index (χ0) is 13.0. The Labute approximate surface area is 120 Å². The van der Waals surface area contributed by atoms with Crippen LogP contribution in [0.15, 0.2) is 18.2 Å². The first-order valence-electron chi connectivity index (χ1n) is 5.69. The Morgan fingerprint density at radius 2 is 2.33 bits per heavy atom. The maximum atomic E-state index is 13.8. The van der Waals surface area contributed by atoms with Gasteiger partial charge in [0.05, 0.1) is 5.69 Å². The number of nitrogens with one attached hydrogen (secondary N) is 1. The number of nitrogens with two attached hydrogens (primary N) is 1. The van der Waals surface area contributed by atoms with E-state index < -0.39 is 0 Å². The maximum Gasteiger partial charge on any atom is 0.146 e. The zero-order valence-corrected chi connectivity index (χ0v) is 12.3. The monoisotopic (exact) mass is 302 g/mol. The van der Waals surface area contributed by atoms with Crippen LogP contribution in [0.4, 0.5) is 10.1 Å². The molecule has 0 saturated carbocycles. The number of benzene rings is 1. The predicted octanol–water partition coefficient (Wildman–Crippen LogP) is 2.72. The average Bonchev–Trinajstić information content (AvgIpc) is 2.38.